The van der Waals surface area contributed by atoms with Gasteiger partial charge in [0.1, 0.15) is 5.75 Å². The Labute approximate surface area is 107 Å². The summed E-state index contributed by atoms with van der Waals surface area (Å²) in [4.78, 5) is 14.0. The van der Waals surface area contributed by atoms with Crippen molar-refractivity contribution in [3.05, 3.63) is 24.3 Å². The predicted molar refractivity (Wildman–Crippen MR) is 69.9 cm³/mol. The Kier molecular flexibility index (Phi) is 2.96. The summed E-state index contributed by atoms with van der Waals surface area (Å²) >= 11 is 0. The molecule has 0 spiro atoms. The van der Waals surface area contributed by atoms with Gasteiger partial charge in [0.2, 0.25) is 0 Å². The van der Waals surface area contributed by atoms with Crippen LogP contribution >= 0.6 is 0 Å². The van der Waals surface area contributed by atoms with Gasteiger partial charge >= 0.3 is 0 Å². The number of hydrogen-bond acceptors (Lipinski definition) is 3. The third kappa shape index (κ3) is 1.97. The van der Waals surface area contributed by atoms with Crippen LogP contribution in [0.2, 0.25) is 0 Å². The smallest absolute Gasteiger partial charge is 0.267 e. The summed E-state index contributed by atoms with van der Waals surface area (Å²) in [5, 5.41) is 3.33. The van der Waals surface area contributed by atoms with E-state index in [-0.39, 0.29) is 12.0 Å². The second kappa shape index (κ2) is 4.61. The summed E-state index contributed by atoms with van der Waals surface area (Å²) in [6.07, 6.45) is 1.62. The van der Waals surface area contributed by atoms with E-state index in [4.69, 9.17) is 4.74 Å². The molecule has 2 aliphatic rings. The van der Waals surface area contributed by atoms with Crippen molar-refractivity contribution in [1.29, 1.82) is 0 Å². The molecule has 1 saturated heterocycles. The lowest BCUT2D eigenvalue weighted by atomic mass is 9.99. The zero-order chi connectivity index (χ0) is 12.5. The molecule has 0 bridgehead atoms. The van der Waals surface area contributed by atoms with Crippen LogP contribution in [0.1, 0.15) is 12.8 Å². The van der Waals surface area contributed by atoms with Gasteiger partial charge in [-0.3, -0.25) is 4.79 Å². The molecule has 1 aromatic rings. The molecule has 0 aromatic heterocycles. The Hall–Kier alpha value is -1.55. The Morgan fingerprint density at radius 1 is 1.44 bits per heavy atom. The fraction of sp³-hybridized carbons (Fsp3) is 0.500. The van der Waals surface area contributed by atoms with Crippen LogP contribution in [-0.2, 0) is 4.79 Å². The van der Waals surface area contributed by atoms with Gasteiger partial charge in [-0.1, -0.05) is 12.1 Å². The lowest BCUT2D eigenvalue weighted by molar-refractivity contribution is -0.126. The van der Waals surface area contributed by atoms with Gasteiger partial charge < -0.3 is 15.0 Å². The van der Waals surface area contributed by atoms with Gasteiger partial charge in [-0.05, 0) is 44.0 Å². The molecule has 96 valence electrons. The first-order chi connectivity index (χ1) is 8.75. The molecule has 3 rings (SSSR count). The molecule has 1 fully saturated rings. The van der Waals surface area contributed by atoms with Gasteiger partial charge in [0.15, 0.2) is 6.10 Å². The average molecular weight is 246 g/mol. The molecule has 2 heterocycles. The monoisotopic (exact) mass is 246 g/mol. The number of ether oxygens (including phenoxy) is 1. The molecule has 2 unspecified atom stereocenters. The first-order valence-electron chi connectivity index (χ1n) is 6.49. The van der Waals surface area contributed by atoms with Crippen LogP contribution in [0.4, 0.5) is 5.69 Å². The van der Waals surface area contributed by atoms with Crippen molar-refractivity contribution in [3.8, 4) is 5.75 Å². The summed E-state index contributed by atoms with van der Waals surface area (Å²) in [5.74, 6) is 1.44. The summed E-state index contributed by atoms with van der Waals surface area (Å²) in [6, 6.07) is 7.71. The molecule has 4 heteroatoms. The molecule has 1 N–H and O–H groups in total. The molecule has 2 aliphatic heterocycles. The van der Waals surface area contributed by atoms with E-state index in [2.05, 4.69) is 5.32 Å². The second-order valence-electron chi connectivity index (χ2n) is 5.07. The van der Waals surface area contributed by atoms with Crippen LogP contribution in [0, 0.1) is 5.92 Å². The van der Waals surface area contributed by atoms with Crippen molar-refractivity contribution >= 4 is 11.6 Å². The second-order valence-corrected chi connectivity index (χ2v) is 5.07. The van der Waals surface area contributed by atoms with Crippen LogP contribution in [0.15, 0.2) is 24.3 Å². The van der Waals surface area contributed by atoms with Crippen molar-refractivity contribution in [2.24, 2.45) is 5.92 Å². The highest BCUT2D eigenvalue weighted by Crippen LogP contribution is 2.34. The minimum Gasteiger partial charge on any atom is -0.478 e. The number of fused-ring (bicyclic) bond motifs is 1. The van der Waals surface area contributed by atoms with Crippen LogP contribution < -0.4 is 15.0 Å². The zero-order valence-electron chi connectivity index (χ0n) is 10.6. The standard InChI is InChI=1S/C14H18N2O2/c1-16-11-4-2-3-5-12(11)18-13(14(16)17)8-10-6-7-15-9-10/h2-5,10,13,15H,6-9H2,1H3. The van der Waals surface area contributed by atoms with E-state index in [1.54, 1.807) is 4.90 Å². The molecule has 0 aliphatic carbocycles. The molecule has 1 amide bonds. The number of carbonyl (C=O) groups excluding carboxylic acids is 1. The van der Waals surface area contributed by atoms with Gasteiger partial charge in [-0.15, -0.1) is 0 Å². The van der Waals surface area contributed by atoms with Crippen molar-refractivity contribution in [2.45, 2.75) is 18.9 Å². The van der Waals surface area contributed by atoms with Crippen molar-refractivity contribution in [2.75, 3.05) is 25.0 Å². The number of nitrogens with zero attached hydrogens (tertiary/aromatic N) is 1. The number of nitrogens with one attached hydrogen (secondary N) is 1. The minimum atomic E-state index is -0.324. The first kappa shape index (κ1) is 11.5. The third-order valence-electron chi connectivity index (χ3n) is 3.81. The first-order valence-corrected chi connectivity index (χ1v) is 6.49. The van der Waals surface area contributed by atoms with E-state index < -0.39 is 0 Å². The molecule has 4 nitrogen and oxygen atoms in total. The van der Waals surface area contributed by atoms with Gasteiger partial charge in [0.25, 0.3) is 5.91 Å². The van der Waals surface area contributed by atoms with E-state index in [0.717, 1.165) is 37.4 Å². The van der Waals surface area contributed by atoms with E-state index in [0.29, 0.717) is 5.92 Å². The van der Waals surface area contributed by atoms with Crippen LogP contribution in [0.3, 0.4) is 0 Å². The van der Waals surface area contributed by atoms with Gasteiger partial charge in [0, 0.05) is 7.05 Å². The Morgan fingerprint density at radius 3 is 3.06 bits per heavy atom. The maximum Gasteiger partial charge on any atom is 0.267 e. The number of hydrogen-bond donors (Lipinski definition) is 1. The zero-order valence-corrected chi connectivity index (χ0v) is 10.6. The number of rotatable bonds is 2. The van der Waals surface area contributed by atoms with Crippen molar-refractivity contribution < 1.29 is 9.53 Å². The topological polar surface area (TPSA) is 41.6 Å². The molecule has 0 saturated carbocycles. The summed E-state index contributed by atoms with van der Waals surface area (Å²) in [7, 11) is 1.82. The lowest BCUT2D eigenvalue weighted by Gasteiger charge is -2.32. The number of carbonyl (C=O) groups is 1. The number of benzene rings is 1. The van der Waals surface area contributed by atoms with E-state index >= 15 is 0 Å². The normalized spacial score (nSPS) is 26.9. The SMILES string of the molecule is CN1C(=O)C(CC2CCNC2)Oc2ccccc21. The summed E-state index contributed by atoms with van der Waals surface area (Å²) in [6.45, 7) is 2.05. The highest BCUT2D eigenvalue weighted by molar-refractivity contribution is 5.99. The Bertz CT molecular complexity index is 455. The average Bonchev–Trinajstić information content (AvgIpc) is 2.89. The number of para-hydroxylation sites is 2. The highest BCUT2D eigenvalue weighted by Gasteiger charge is 2.34. The van der Waals surface area contributed by atoms with Crippen LogP contribution in [0.25, 0.3) is 0 Å². The summed E-state index contributed by atoms with van der Waals surface area (Å²) in [5.41, 5.74) is 0.864. The summed E-state index contributed by atoms with van der Waals surface area (Å²) < 4.78 is 5.86. The quantitative estimate of drug-likeness (QED) is 0.858. The number of amides is 1. The number of likely N-dealkylation sites (N-methyl/N-ethyl adjacent to an activating group) is 1. The molecule has 0 radical (unpaired) electrons. The van der Waals surface area contributed by atoms with E-state index in [1.165, 1.54) is 0 Å². The van der Waals surface area contributed by atoms with Gasteiger partial charge in [0.05, 0.1) is 5.69 Å². The molecule has 2 atom stereocenters. The molecule has 1 aromatic carbocycles. The van der Waals surface area contributed by atoms with Crippen molar-refractivity contribution in [1.82, 2.24) is 5.32 Å². The van der Waals surface area contributed by atoms with Gasteiger partial charge in [-0.25, -0.2) is 0 Å². The molecule has 18 heavy (non-hydrogen) atoms. The Morgan fingerprint density at radius 2 is 2.28 bits per heavy atom. The minimum absolute atomic E-state index is 0.0700. The largest absolute Gasteiger partial charge is 0.478 e. The predicted octanol–water partition coefficient (Wildman–Crippen LogP) is 1.41. The van der Waals surface area contributed by atoms with E-state index in [1.807, 2.05) is 31.3 Å². The molecular weight excluding hydrogens is 228 g/mol. The fourth-order valence-electron chi connectivity index (χ4n) is 2.74. The number of anilines is 1. The highest BCUT2D eigenvalue weighted by atomic mass is 16.5. The van der Waals surface area contributed by atoms with Crippen LogP contribution in [0.5, 0.6) is 5.75 Å². The van der Waals surface area contributed by atoms with Crippen LogP contribution in [-0.4, -0.2) is 32.1 Å². The molecular formula is C14H18N2O2. The maximum atomic E-state index is 12.3. The van der Waals surface area contributed by atoms with Crippen molar-refractivity contribution in [3.63, 3.8) is 0 Å². The fourth-order valence-corrected chi connectivity index (χ4v) is 2.74. The van der Waals surface area contributed by atoms with E-state index in [9.17, 15) is 4.79 Å². The maximum absolute atomic E-state index is 12.3. The Balaban J connectivity index is 1.79. The third-order valence-corrected chi connectivity index (χ3v) is 3.81. The lowest BCUT2D eigenvalue weighted by Crippen LogP contribution is -2.44. The van der Waals surface area contributed by atoms with Gasteiger partial charge in [-0.2, -0.15) is 0 Å².